The van der Waals surface area contributed by atoms with E-state index in [2.05, 4.69) is 36.0 Å². The van der Waals surface area contributed by atoms with Crippen molar-refractivity contribution >= 4 is 23.2 Å². The number of nitrogens with one attached hydrogen (secondary N) is 1. The van der Waals surface area contributed by atoms with Crippen LogP contribution in [0.2, 0.25) is 0 Å². The van der Waals surface area contributed by atoms with Gasteiger partial charge < -0.3 is 19.9 Å². The number of hydrogen-bond donors (Lipinski definition) is 1. The molecule has 0 unspecified atom stereocenters. The third-order valence-corrected chi connectivity index (χ3v) is 6.16. The van der Waals surface area contributed by atoms with Crippen molar-refractivity contribution in [3.05, 3.63) is 48.8 Å². The largest absolute Gasteiger partial charge is 0.490 e. The van der Waals surface area contributed by atoms with Crippen LogP contribution in [0.15, 0.2) is 48.8 Å². The van der Waals surface area contributed by atoms with E-state index in [1.54, 1.807) is 6.20 Å². The second kappa shape index (κ2) is 9.81. The van der Waals surface area contributed by atoms with E-state index < -0.39 is 0 Å². The molecule has 7 nitrogen and oxygen atoms in total. The molecule has 0 saturated carbocycles. The van der Waals surface area contributed by atoms with Gasteiger partial charge in [-0.2, -0.15) is 0 Å². The molecule has 2 aliphatic heterocycles. The van der Waals surface area contributed by atoms with Crippen LogP contribution in [0.4, 0.5) is 11.4 Å². The molecule has 1 N–H and O–H groups in total. The normalized spacial score (nSPS) is 17.4. The molecule has 2 fully saturated rings. The molecule has 2 saturated heterocycles. The Morgan fingerprint density at radius 1 is 1.09 bits per heavy atom. The van der Waals surface area contributed by atoms with E-state index in [-0.39, 0.29) is 29.3 Å². The molecule has 1 aromatic heterocycles. The molecule has 33 heavy (non-hydrogen) atoms. The Hall–Kier alpha value is -3.09. The van der Waals surface area contributed by atoms with E-state index in [0.29, 0.717) is 19.5 Å². The van der Waals surface area contributed by atoms with E-state index in [0.717, 1.165) is 43.1 Å². The zero-order valence-corrected chi connectivity index (χ0v) is 19.8. The lowest BCUT2D eigenvalue weighted by Crippen LogP contribution is -2.52. The highest BCUT2D eigenvalue weighted by Crippen LogP contribution is 2.26. The van der Waals surface area contributed by atoms with Crippen molar-refractivity contribution in [2.45, 2.75) is 46.1 Å². The fraction of sp³-hybridized carbons (Fsp3) is 0.500. The minimum absolute atomic E-state index is 0.0129. The Morgan fingerprint density at radius 3 is 2.39 bits per heavy atom. The smallest absolute Gasteiger partial charge is 0.231 e. The van der Waals surface area contributed by atoms with Gasteiger partial charge in [-0.15, -0.1) is 0 Å². The van der Waals surface area contributed by atoms with Gasteiger partial charge in [-0.3, -0.25) is 14.6 Å². The summed E-state index contributed by atoms with van der Waals surface area (Å²) in [5, 5.41) is 3.00. The molecule has 3 heterocycles. The first-order valence-electron chi connectivity index (χ1n) is 11.8. The number of nitrogens with zero attached hydrogens (tertiary/aromatic N) is 3. The Morgan fingerprint density at radius 2 is 1.79 bits per heavy atom. The first-order valence-corrected chi connectivity index (χ1v) is 11.8. The molecule has 176 valence electrons. The van der Waals surface area contributed by atoms with Gasteiger partial charge in [-0.1, -0.05) is 20.8 Å². The second-order valence-electron chi connectivity index (χ2n) is 10.3. The van der Waals surface area contributed by atoms with Gasteiger partial charge in [0.15, 0.2) is 0 Å². The van der Waals surface area contributed by atoms with E-state index >= 15 is 0 Å². The van der Waals surface area contributed by atoms with Gasteiger partial charge in [0.05, 0.1) is 17.8 Å². The summed E-state index contributed by atoms with van der Waals surface area (Å²) in [6, 6.07) is 11.5. The average Bonchev–Trinajstić information content (AvgIpc) is 2.74. The molecule has 0 radical (unpaired) electrons. The zero-order valence-electron chi connectivity index (χ0n) is 19.8. The third-order valence-electron chi connectivity index (χ3n) is 6.16. The first kappa shape index (κ1) is 23.1. The molecular formula is C26H34N4O3. The van der Waals surface area contributed by atoms with Gasteiger partial charge in [0.2, 0.25) is 11.8 Å². The zero-order chi connectivity index (χ0) is 23.4. The number of carbonyl (C=O) groups is 2. The van der Waals surface area contributed by atoms with Gasteiger partial charge in [0.25, 0.3) is 0 Å². The lowest BCUT2D eigenvalue weighted by Gasteiger charge is -2.39. The van der Waals surface area contributed by atoms with Crippen LogP contribution in [0.3, 0.4) is 0 Å². The number of piperidine rings is 1. The number of aromatic nitrogens is 1. The molecule has 0 atom stereocenters. The van der Waals surface area contributed by atoms with Crippen LogP contribution in [-0.4, -0.2) is 54.0 Å². The van der Waals surface area contributed by atoms with Crippen molar-refractivity contribution in [2.24, 2.45) is 11.3 Å². The van der Waals surface area contributed by atoms with E-state index in [9.17, 15) is 9.59 Å². The maximum Gasteiger partial charge on any atom is 0.231 e. The maximum absolute atomic E-state index is 12.5. The van der Waals surface area contributed by atoms with Gasteiger partial charge in [-0.25, -0.2) is 0 Å². The van der Waals surface area contributed by atoms with Gasteiger partial charge in [0.1, 0.15) is 11.9 Å². The molecule has 1 aromatic carbocycles. The summed E-state index contributed by atoms with van der Waals surface area (Å²) in [5.74, 6) is 1.04. The lowest BCUT2D eigenvalue weighted by atomic mass is 9.91. The number of carbonyl (C=O) groups excluding carboxylic acids is 2. The van der Waals surface area contributed by atoms with Crippen LogP contribution in [0, 0.1) is 11.3 Å². The van der Waals surface area contributed by atoms with Crippen molar-refractivity contribution in [1.29, 1.82) is 0 Å². The second-order valence-corrected chi connectivity index (χ2v) is 10.3. The first-order chi connectivity index (χ1) is 15.8. The monoisotopic (exact) mass is 450 g/mol. The Kier molecular flexibility index (Phi) is 6.86. The van der Waals surface area contributed by atoms with Gasteiger partial charge >= 0.3 is 0 Å². The molecule has 0 aliphatic carbocycles. The summed E-state index contributed by atoms with van der Waals surface area (Å²) >= 11 is 0. The minimum atomic E-state index is -0.0210. The summed E-state index contributed by atoms with van der Waals surface area (Å²) in [4.78, 5) is 33.2. The fourth-order valence-corrected chi connectivity index (χ4v) is 4.24. The van der Waals surface area contributed by atoms with Gasteiger partial charge in [-0.05, 0) is 41.8 Å². The van der Waals surface area contributed by atoms with Crippen LogP contribution < -0.4 is 15.0 Å². The Bertz CT molecular complexity index is 942. The predicted molar refractivity (Wildman–Crippen MR) is 129 cm³/mol. The standard InChI is InChI=1S/C26H34N4O3/c1-26(2,3)15-24(31)29-13-10-23(11-14-29)33-22-8-6-20(7-9-22)28-25(32)19-17-30(18-19)21-5-4-12-27-16-21/h4-9,12,16,19,23H,10-11,13-15,17-18H2,1-3H3,(H,28,32). The highest BCUT2D eigenvalue weighted by Gasteiger charge is 2.33. The van der Waals surface area contributed by atoms with E-state index in [1.807, 2.05) is 47.5 Å². The van der Waals surface area contributed by atoms with Crippen LogP contribution in [0.5, 0.6) is 5.75 Å². The topological polar surface area (TPSA) is 74.8 Å². The molecular weight excluding hydrogens is 416 g/mol. The minimum Gasteiger partial charge on any atom is -0.490 e. The molecule has 4 rings (SSSR count). The number of hydrogen-bond acceptors (Lipinski definition) is 5. The maximum atomic E-state index is 12.5. The van der Waals surface area contributed by atoms with Crippen molar-refractivity contribution in [1.82, 2.24) is 9.88 Å². The third kappa shape index (κ3) is 6.24. The van der Waals surface area contributed by atoms with Crippen molar-refractivity contribution in [3.8, 4) is 5.75 Å². The molecule has 7 heteroatoms. The highest BCUT2D eigenvalue weighted by molar-refractivity contribution is 5.94. The molecule has 2 aliphatic rings. The molecule has 0 bridgehead atoms. The number of amides is 2. The number of rotatable bonds is 6. The fourth-order valence-electron chi connectivity index (χ4n) is 4.24. The molecule has 2 amide bonds. The van der Waals surface area contributed by atoms with Crippen molar-refractivity contribution < 1.29 is 14.3 Å². The molecule has 0 spiro atoms. The van der Waals surface area contributed by atoms with E-state index in [4.69, 9.17) is 4.74 Å². The summed E-state index contributed by atoms with van der Waals surface area (Å²) in [6.07, 6.45) is 5.93. The summed E-state index contributed by atoms with van der Waals surface area (Å²) in [6.45, 7) is 9.17. The Labute approximate surface area is 196 Å². The summed E-state index contributed by atoms with van der Waals surface area (Å²) in [7, 11) is 0. The van der Waals surface area contributed by atoms with Crippen molar-refractivity contribution in [3.63, 3.8) is 0 Å². The number of anilines is 2. The SMILES string of the molecule is CC(C)(C)CC(=O)N1CCC(Oc2ccc(NC(=O)C3CN(c4cccnc4)C3)cc2)CC1. The lowest BCUT2D eigenvalue weighted by molar-refractivity contribution is -0.134. The quantitative estimate of drug-likeness (QED) is 0.721. The number of likely N-dealkylation sites (tertiary alicyclic amines) is 1. The number of benzene rings is 1. The highest BCUT2D eigenvalue weighted by atomic mass is 16.5. The van der Waals surface area contributed by atoms with Crippen molar-refractivity contribution in [2.75, 3.05) is 36.4 Å². The predicted octanol–water partition coefficient (Wildman–Crippen LogP) is 3.96. The van der Waals surface area contributed by atoms with Crippen LogP contribution in [0.1, 0.15) is 40.0 Å². The number of pyridine rings is 1. The Balaban J connectivity index is 1.19. The molecule has 2 aromatic rings. The number of ether oxygens (including phenoxy) is 1. The van der Waals surface area contributed by atoms with Crippen LogP contribution in [0.25, 0.3) is 0 Å². The summed E-state index contributed by atoms with van der Waals surface area (Å²) in [5.41, 5.74) is 1.83. The van der Waals surface area contributed by atoms with Crippen LogP contribution in [-0.2, 0) is 9.59 Å². The summed E-state index contributed by atoms with van der Waals surface area (Å²) < 4.78 is 6.12. The van der Waals surface area contributed by atoms with Gasteiger partial charge in [0, 0.05) is 57.3 Å². The van der Waals surface area contributed by atoms with E-state index in [1.165, 1.54) is 0 Å². The average molecular weight is 451 g/mol. The van der Waals surface area contributed by atoms with Crippen LogP contribution >= 0.6 is 0 Å².